The quantitative estimate of drug-likeness (QED) is 0.669. The topological polar surface area (TPSA) is 30.0 Å². The summed E-state index contributed by atoms with van der Waals surface area (Å²) in [6.45, 7) is 0. The van der Waals surface area contributed by atoms with Gasteiger partial charge in [-0.3, -0.25) is 9.78 Å². The molecular weight excluding hydrogens is 289 g/mol. The Hall–Kier alpha value is -2.26. The molecular formula is C17H11ClFNO. The van der Waals surface area contributed by atoms with Crippen LogP contribution in [-0.2, 0) is 6.42 Å². The maximum absolute atomic E-state index is 13.1. The Bertz CT molecular complexity index is 827. The van der Waals surface area contributed by atoms with Gasteiger partial charge in [0.15, 0.2) is 5.78 Å². The summed E-state index contributed by atoms with van der Waals surface area (Å²) in [5, 5.41) is 1.80. The summed E-state index contributed by atoms with van der Waals surface area (Å²) in [6, 6.07) is 13.7. The van der Waals surface area contributed by atoms with E-state index in [1.165, 1.54) is 12.1 Å². The summed E-state index contributed by atoms with van der Waals surface area (Å²) in [5.41, 5.74) is 1.09. The van der Waals surface area contributed by atoms with E-state index in [2.05, 4.69) is 4.98 Å². The first kappa shape index (κ1) is 13.7. The van der Waals surface area contributed by atoms with Crippen molar-refractivity contribution >= 4 is 28.2 Å². The minimum absolute atomic E-state index is 0.0196. The van der Waals surface area contributed by atoms with Crippen molar-refractivity contribution in [2.45, 2.75) is 6.42 Å². The summed E-state index contributed by atoms with van der Waals surface area (Å²) in [7, 11) is 0. The molecule has 4 heteroatoms. The van der Waals surface area contributed by atoms with Gasteiger partial charge in [0.25, 0.3) is 0 Å². The average Bonchev–Trinajstić information content (AvgIpc) is 2.50. The van der Waals surface area contributed by atoms with E-state index < -0.39 is 5.82 Å². The summed E-state index contributed by atoms with van der Waals surface area (Å²) in [4.78, 5) is 16.6. The van der Waals surface area contributed by atoms with Crippen LogP contribution in [0.5, 0.6) is 0 Å². The van der Waals surface area contributed by atoms with Crippen LogP contribution in [0.1, 0.15) is 16.1 Å². The molecule has 0 saturated carbocycles. The number of carbonyl (C=O) groups is 1. The van der Waals surface area contributed by atoms with E-state index in [1.54, 1.807) is 12.3 Å². The lowest BCUT2D eigenvalue weighted by molar-refractivity contribution is 0.0990. The zero-order valence-corrected chi connectivity index (χ0v) is 11.8. The molecule has 0 N–H and O–H groups in total. The van der Waals surface area contributed by atoms with Crippen LogP contribution < -0.4 is 0 Å². The lowest BCUT2D eigenvalue weighted by Crippen LogP contribution is -2.06. The van der Waals surface area contributed by atoms with Gasteiger partial charge in [0, 0.05) is 18.0 Å². The van der Waals surface area contributed by atoms with Gasteiger partial charge < -0.3 is 0 Å². The van der Waals surface area contributed by atoms with Gasteiger partial charge in [-0.05, 0) is 29.1 Å². The van der Waals surface area contributed by atoms with Crippen molar-refractivity contribution in [1.82, 2.24) is 4.98 Å². The molecule has 104 valence electrons. The summed E-state index contributed by atoms with van der Waals surface area (Å²) in [5.74, 6) is -0.606. The second kappa shape index (κ2) is 5.62. The van der Waals surface area contributed by atoms with Gasteiger partial charge >= 0.3 is 0 Å². The van der Waals surface area contributed by atoms with Gasteiger partial charge in [0.2, 0.25) is 0 Å². The number of fused-ring (bicyclic) bond motifs is 1. The molecule has 0 spiro atoms. The van der Waals surface area contributed by atoms with Gasteiger partial charge in [-0.1, -0.05) is 41.9 Å². The number of benzene rings is 2. The molecule has 1 heterocycles. The smallest absolute Gasteiger partial charge is 0.186 e. The Morgan fingerprint density at radius 3 is 2.76 bits per heavy atom. The van der Waals surface area contributed by atoms with Crippen molar-refractivity contribution < 1.29 is 9.18 Å². The highest BCUT2D eigenvalue weighted by Crippen LogP contribution is 2.20. The molecule has 3 aromatic rings. The van der Waals surface area contributed by atoms with Gasteiger partial charge in [-0.25, -0.2) is 4.39 Å². The maximum Gasteiger partial charge on any atom is 0.186 e. The van der Waals surface area contributed by atoms with E-state index in [-0.39, 0.29) is 17.2 Å². The van der Waals surface area contributed by atoms with Crippen LogP contribution >= 0.6 is 11.6 Å². The minimum Gasteiger partial charge on any atom is -0.292 e. The first-order valence-electron chi connectivity index (χ1n) is 6.46. The number of pyridine rings is 1. The predicted molar refractivity (Wildman–Crippen MR) is 81.2 cm³/mol. The lowest BCUT2D eigenvalue weighted by atomic mass is 10.0. The predicted octanol–water partition coefficient (Wildman–Crippen LogP) is 4.45. The van der Waals surface area contributed by atoms with Crippen LogP contribution in [0.4, 0.5) is 4.39 Å². The number of Topliss-reactive ketones (excluding diaryl/α,β-unsaturated/α-hetero) is 1. The third kappa shape index (κ3) is 2.78. The van der Waals surface area contributed by atoms with Crippen LogP contribution in [-0.4, -0.2) is 10.8 Å². The lowest BCUT2D eigenvalue weighted by Gasteiger charge is -2.05. The van der Waals surface area contributed by atoms with Crippen molar-refractivity contribution in [3.8, 4) is 0 Å². The highest BCUT2D eigenvalue weighted by atomic mass is 35.5. The molecule has 0 radical (unpaired) electrons. The molecule has 0 unspecified atom stereocenters. The Kier molecular flexibility index (Phi) is 3.67. The molecule has 21 heavy (non-hydrogen) atoms. The van der Waals surface area contributed by atoms with Gasteiger partial charge in [0.05, 0.1) is 5.02 Å². The molecule has 3 rings (SSSR count). The standard InChI is InChI=1S/C17H11ClFNO/c18-14-9-11(5-6-15(14)19)10-16(21)17-13-4-2-1-3-12(13)7-8-20-17/h1-9H,10H2. The molecule has 2 nitrogen and oxygen atoms in total. The molecule has 1 aromatic heterocycles. The number of nitrogens with zero attached hydrogens (tertiary/aromatic N) is 1. The second-order valence-corrected chi connectivity index (χ2v) is 5.14. The fourth-order valence-corrected chi connectivity index (χ4v) is 2.46. The monoisotopic (exact) mass is 299 g/mol. The second-order valence-electron chi connectivity index (χ2n) is 4.73. The Balaban J connectivity index is 1.95. The fourth-order valence-electron chi connectivity index (χ4n) is 2.26. The van der Waals surface area contributed by atoms with Crippen molar-refractivity contribution in [3.63, 3.8) is 0 Å². The van der Waals surface area contributed by atoms with Crippen molar-refractivity contribution in [2.75, 3.05) is 0 Å². The first-order valence-corrected chi connectivity index (χ1v) is 6.84. The zero-order chi connectivity index (χ0) is 14.8. The molecule has 0 aliphatic rings. The van der Waals surface area contributed by atoms with E-state index in [9.17, 15) is 9.18 Å². The number of aromatic nitrogens is 1. The van der Waals surface area contributed by atoms with Crippen LogP contribution in [0.25, 0.3) is 10.8 Å². The Morgan fingerprint density at radius 1 is 1.14 bits per heavy atom. The molecule has 2 aromatic carbocycles. The molecule has 0 aliphatic heterocycles. The molecule has 0 amide bonds. The van der Waals surface area contributed by atoms with Crippen LogP contribution in [0.15, 0.2) is 54.7 Å². The van der Waals surface area contributed by atoms with Gasteiger partial charge in [0.1, 0.15) is 11.5 Å². The molecule has 0 aliphatic carbocycles. The van der Waals surface area contributed by atoms with Crippen LogP contribution in [0.2, 0.25) is 5.02 Å². The van der Waals surface area contributed by atoms with Crippen LogP contribution in [0.3, 0.4) is 0 Å². The Labute approximate surface area is 126 Å². The highest BCUT2D eigenvalue weighted by Gasteiger charge is 2.13. The third-order valence-corrected chi connectivity index (χ3v) is 3.58. The average molecular weight is 300 g/mol. The third-order valence-electron chi connectivity index (χ3n) is 3.29. The van der Waals surface area contributed by atoms with Crippen molar-refractivity contribution in [1.29, 1.82) is 0 Å². The number of hydrogen-bond acceptors (Lipinski definition) is 2. The largest absolute Gasteiger partial charge is 0.292 e. The summed E-state index contributed by atoms with van der Waals surface area (Å²) < 4.78 is 13.1. The SMILES string of the molecule is O=C(Cc1ccc(F)c(Cl)c1)c1nccc2ccccc12. The zero-order valence-electron chi connectivity index (χ0n) is 11.0. The van der Waals surface area contributed by atoms with E-state index in [0.29, 0.717) is 11.3 Å². The fraction of sp³-hybridized carbons (Fsp3) is 0.0588. The van der Waals surface area contributed by atoms with Gasteiger partial charge in [-0.2, -0.15) is 0 Å². The Morgan fingerprint density at radius 2 is 1.95 bits per heavy atom. The van der Waals surface area contributed by atoms with Gasteiger partial charge in [-0.15, -0.1) is 0 Å². The summed E-state index contributed by atoms with van der Waals surface area (Å²) in [6.07, 6.45) is 1.76. The van der Waals surface area contributed by atoms with E-state index in [4.69, 9.17) is 11.6 Å². The molecule has 0 fully saturated rings. The van der Waals surface area contributed by atoms with Crippen molar-refractivity contribution in [3.05, 3.63) is 76.8 Å². The highest BCUT2D eigenvalue weighted by molar-refractivity contribution is 6.30. The van der Waals surface area contributed by atoms with E-state index >= 15 is 0 Å². The molecule has 0 saturated heterocycles. The number of rotatable bonds is 3. The summed E-state index contributed by atoms with van der Waals surface area (Å²) >= 11 is 5.74. The number of halogens is 2. The van der Waals surface area contributed by atoms with Crippen molar-refractivity contribution in [2.24, 2.45) is 0 Å². The van der Waals surface area contributed by atoms with E-state index in [0.717, 1.165) is 10.8 Å². The normalized spacial score (nSPS) is 10.8. The molecule has 0 bridgehead atoms. The number of ketones is 1. The minimum atomic E-state index is -0.490. The van der Waals surface area contributed by atoms with E-state index in [1.807, 2.05) is 30.3 Å². The maximum atomic E-state index is 13.1. The number of hydrogen-bond donors (Lipinski definition) is 0. The van der Waals surface area contributed by atoms with Crippen LogP contribution in [0, 0.1) is 5.82 Å². The number of carbonyl (C=O) groups excluding carboxylic acids is 1. The molecule has 0 atom stereocenters. The first-order chi connectivity index (χ1) is 10.1.